The van der Waals surface area contributed by atoms with Gasteiger partial charge in [-0.05, 0) is 36.4 Å². The summed E-state index contributed by atoms with van der Waals surface area (Å²) in [6, 6.07) is 18.5. The van der Waals surface area contributed by atoms with E-state index in [9.17, 15) is 22.8 Å². The molecule has 0 saturated heterocycles. The lowest BCUT2D eigenvalue weighted by Gasteiger charge is -2.33. The van der Waals surface area contributed by atoms with Crippen molar-refractivity contribution in [1.82, 2.24) is 4.31 Å². The minimum absolute atomic E-state index is 0.0848. The number of ketones is 2. The van der Waals surface area contributed by atoms with Gasteiger partial charge in [0.2, 0.25) is 15.9 Å². The standard InChI is InChI=1S/C24H20N2O6S/c1-32-18-11-7-8-16(14-18)23(28)22-24(29)19-12-5-6-13-20(19)33(30,31)26(22)15-21(27)25-17-9-3-2-4-10-17/h2-14,22H,15H2,1H3,(H,25,27). The molecule has 1 atom stereocenters. The van der Waals surface area contributed by atoms with Gasteiger partial charge in [-0.25, -0.2) is 8.42 Å². The smallest absolute Gasteiger partial charge is 0.245 e. The van der Waals surface area contributed by atoms with E-state index >= 15 is 0 Å². The lowest BCUT2D eigenvalue weighted by molar-refractivity contribution is -0.116. The lowest BCUT2D eigenvalue weighted by atomic mass is 9.95. The topological polar surface area (TPSA) is 110 Å². The number of nitrogens with one attached hydrogen (secondary N) is 1. The number of hydrogen-bond donors (Lipinski definition) is 1. The Morgan fingerprint density at radius 2 is 1.67 bits per heavy atom. The molecule has 0 aromatic heterocycles. The third-order valence-corrected chi connectivity index (χ3v) is 7.10. The monoisotopic (exact) mass is 464 g/mol. The molecule has 33 heavy (non-hydrogen) atoms. The van der Waals surface area contributed by atoms with Crippen molar-refractivity contribution in [3.8, 4) is 5.75 Å². The molecule has 0 radical (unpaired) electrons. The molecule has 0 spiro atoms. The number of benzene rings is 3. The van der Waals surface area contributed by atoms with Crippen LogP contribution in [-0.4, -0.2) is 49.9 Å². The van der Waals surface area contributed by atoms with Crippen molar-refractivity contribution in [3.05, 3.63) is 90.0 Å². The van der Waals surface area contributed by atoms with Gasteiger partial charge in [-0.15, -0.1) is 0 Å². The number of para-hydroxylation sites is 1. The van der Waals surface area contributed by atoms with Crippen LogP contribution in [0.2, 0.25) is 0 Å². The lowest BCUT2D eigenvalue weighted by Crippen LogP contribution is -2.55. The van der Waals surface area contributed by atoms with Gasteiger partial charge >= 0.3 is 0 Å². The van der Waals surface area contributed by atoms with Gasteiger partial charge in [0.1, 0.15) is 5.75 Å². The first kappa shape index (κ1) is 22.4. The summed E-state index contributed by atoms with van der Waals surface area (Å²) in [6.45, 7) is -0.711. The quantitative estimate of drug-likeness (QED) is 0.444. The third-order valence-electron chi connectivity index (χ3n) is 5.24. The Labute approximate surface area is 190 Å². The predicted molar refractivity (Wildman–Crippen MR) is 121 cm³/mol. The van der Waals surface area contributed by atoms with Gasteiger partial charge in [0.25, 0.3) is 0 Å². The fourth-order valence-electron chi connectivity index (χ4n) is 3.66. The third kappa shape index (κ3) is 4.28. The first-order chi connectivity index (χ1) is 15.8. The Kier molecular flexibility index (Phi) is 6.08. The second kappa shape index (κ2) is 8.97. The van der Waals surface area contributed by atoms with Crippen LogP contribution in [0.3, 0.4) is 0 Å². The molecule has 3 aromatic carbocycles. The van der Waals surface area contributed by atoms with E-state index in [1.165, 1.54) is 43.5 Å². The first-order valence-corrected chi connectivity index (χ1v) is 11.4. The van der Waals surface area contributed by atoms with Gasteiger partial charge in [0.05, 0.1) is 18.6 Å². The molecule has 1 aliphatic heterocycles. The van der Waals surface area contributed by atoms with Crippen molar-refractivity contribution in [3.63, 3.8) is 0 Å². The summed E-state index contributed by atoms with van der Waals surface area (Å²) in [4.78, 5) is 39.2. The minimum atomic E-state index is -4.32. The predicted octanol–water partition coefficient (Wildman–Crippen LogP) is 2.77. The zero-order valence-corrected chi connectivity index (χ0v) is 18.4. The number of amides is 1. The number of fused-ring (bicyclic) bond motifs is 1. The zero-order chi connectivity index (χ0) is 23.6. The summed E-state index contributed by atoms with van der Waals surface area (Å²) in [5.74, 6) is -1.74. The van der Waals surface area contributed by atoms with Crippen molar-refractivity contribution in [2.24, 2.45) is 0 Å². The number of carbonyl (C=O) groups excluding carboxylic acids is 3. The van der Waals surface area contributed by atoms with Crippen molar-refractivity contribution in [2.45, 2.75) is 10.9 Å². The summed E-state index contributed by atoms with van der Waals surface area (Å²) in [6.07, 6.45) is 0. The summed E-state index contributed by atoms with van der Waals surface area (Å²) in [5.41, 5.74) is 0.466. The van der Waals surface area contributed by atoms with E-state index in [0.29, 0.717) is 15.7 Å². The molecule has 1 unspecified atom stereocenters. The number of methoxy groups -OCH3 is 1. The summed E-state index contributed by atoms with van der Waals surface area (Å²) >= 11 is 0. The molecule has 0 fully saturated rings. The normalized spacial score (nSPS) is 17.1. The van der Waals surface area contributed by atoms with Crippen LogP contribution in [0.5, 0.6) is 5.75 Å². The maximum atomic E-state index is 13.4. The van der Waals surface area contributed by atoms with Crippen LogP contribution in [0.15, 0.2) is 83.8 Å². The highest BCUT2D eigenvalue weighted by atomic mass is 32.2. The van der Waals surface area contributed by atoms with E-state index in [2.05, 4.69) is 5.32 Å². The summed E-state index contributed by atoms with van der Waals surface area (Å²) in [7, 11) is -2.89. The zero-order valence-electron chi connectivity index (χ0n) is 17.6. The average molecular weight is 464 g/mol. The Bertz CT molecular complexity index is 1340. The summed E-state index contributed by atoms with van der Waals surface area (Å²) < 4.78 is 32.7. The number of anilines is 1. The average Bonchev–Trinajstić information content (AvgIpc) is 2.83. The second-order valence-corrected chi connectivity index (χ2v) is 9.18. The highest BCUT2D eigenvalue weighted by Crippen LogP contribution is 2.32. The van der Waals surface area contributed by atoms with Gasteiger partial charge < -0.3 is 10.1 Å². The summed E-state index contributed by atoms with van der Waals surface area (Å²) in [5, 5.41) is 2.60. The first-order valence-electron chi connectivity index (χ1n) is 10.0. The van der Waals surface area contributed by atoms with E-state index in [4.69, 9.17) is 4.74 Å². The van der Waals surface area contributed by atoms with Gasteiger partial charge in [-0.1, -0.05) is 42.5 Å². The SMILES string of the molecule is COc1cccc(C(=O)C2C(=O)c3ccccc3S(=O)(=O)N2CC(=O)Nc2ccccc2)c1. The van der Waals surface area contributed by atoms with Crippen LogP contribution >= 0.6 is 0 Å². The van der Waals surface area contributed by atoms with Crippen LogP contribution in [0.25, 0.3) is 0 Å². The van der Waals surface area contributed by atoms with Gasteiger partial charge in [0, 0.05) is 16.8 Å². The maximum Gasteiger partial charge on any atom is 0.245 e. The molecule has 3 aromatic rings. The van der Waals surface area contributed by atoms with Crippen LogP contribution < -0.4 is 10.1 Å². The fourth-order valence-corrected chi connectivity index (χ4v) is 5.37. The number of sulfonamides is 1. The Hall–Kier alpha value is -3.82. The molecular weight excluding hydrogens is 444 g/mol. The molecule has 0 bridgehead atoms. The number of hydrogen-bond acceptors (Lipinski definition) is 6. The van der Waals surface area contributed by atoms with Gasteiger partial charge in [-0.3, -0.25) is 14.4 Å². The van der Waals surface area contributed by atoms with Crippen molar-refractivity contribution in [1.29, 1.82) is 0 Å². The number of ether oxygens (including phenoxy) is 1. The van der Waals surface area contributed by atoms with Crippen LogP contribution in [0.4, 0.5) is 5.69 Å². The molecule has 0 saturated carbocycles. The second-order valence-electron chi connectivity index (χ2n) is 7.32. The van der Waals surface area contributed by atoms with E-state index in [0.717, 1.165) is 0 Å². The van der Waals surface area contributed by atoms with Crippen molar-refractivity contribution >= 4 is 33.2 Å². The number of Topliss-reactive ketones (excluding diaryl/α,β-unsaturated/α-hetero) is 2. The fraction of sp³-hybridized carbons (Fsp3) is 0.125. The largest absolute Gasteiger partial charge is 0.497 e. The van der Waals surface area contributed by atoms with E-state index in [1.807, 2.05) is 0 Å². The molecule has 9 heteroatoms. The van der Waals surface area contributed by atoms with E-state index in [1.54, 1.807) is 42.5 Å². The van der Waals surface area contributed by atoms with Crippen LogP contribution in [0, 0.1) is 0 Å². The van der Waals surface area contributed by atoms with Crippen molar-refractivity contribution < 1.29 is 27.5 Å². The van der Waals surface area contributed by atoms with Gasteiger partial charge in [-0.2, -0.15) is 4.31 Å². The minimum Gasteiger partial charge on any atom is -0.497 e. The molecule has 1 heterocycles. The number of rotatable bonds is 6. The van der Waals surface area contributed by atoms with Crippen LogP contribution in [0.1, 0.15) is 20.7 Å². The van der Waals surface area contributed by atoms with Gasteiger partial charge in [0.15, 0.2) is 17.6 Å². The Morgan fingerprint density at radius 3 is 2.39 bits per heavy atom. The molecule has 1 amide bonds. The van der Waals surface area contributed by atoms with E-state index in [-0.39, 0.29) is 16.0 Å². The van der Waals surface area contributed by atoms with Crippen LogP contribution in [-0.2, 0) is 14.8 Å². The number of nitrogens with zero attached hydrogens (tertiary/aromatic N) is 1. The molecule has 8 nitrogen and oxygen atoms in total. The Morgan fingerprint density at radius 1 is 0.970 bits per heavy atom. The highest BCUT2D eigenvalue weighted by Gasteiger charge is 2.48. The molecule has 1 N–H and O–H groups in total. The molecule has 168 valence electrons. The highest BCUT2D eigenvalue weighted by molar-refractivity contribution is 7.89. The molecule has 1 aliphatic rings. The number of carbonyl (C=O) groups is 3. The molecule has 4 rings (SSSR count). The van der Waals surface area contributed by atoms with Crippen molar-refractivity contribution in [2.75, 3.05) is 19.0 Å². The Balaban J connectivity index is 1.76. The van der Waals surface area contributed by atoms with E-state index < -0.39 is 40.1 Å². The molecular formula is C24H20N2O6S. The molecule has 0 aliphatic carbocycles. The maximum absolute atomic E-state index is 13.4.